The molecule has 0 saturated heterocycles. The van der Waals surface area contributed by atoms with E-state index in [1.54, 1.807) is 12.4 Å². The van der Waals surface area contributed by atoms with Crippen molar-refractivity contribution in [2.75, 3.05) is 0 Å². The number of fused-ring (bicyclic) bond motifs is 1. The third kappa shape index (κ3) is 8.08. The van der Waals surface area contributed by atoms with E-state index >= 15 is 0 Å². The zero-order valence-electron chi connectivity index (χ0n) is 20.4. The highest BCUT2D eigenvalue weighted by Gasteiger charge is 2.43. The van der Waals surface area contributed by atoms with E-state index in [-0.39, 0.29) is 17.9 Å². The molecule has 1 heterocycles. The molecule has 182 valence electrons. The van der Waals surface area contributed by atoms with Crippen molar-refractivity contribution in [2.24, 2.45) is 17.8 Å². The maximum atomic E-state index is 12.1. The van der Waals surface area contributed by atoms with Crippen LogP contribution < -0.4 is 5.32 Å². The van der Waals surface area contributed by atoms with E-state index in [0.717, 1.165) is 56.9 Å². The number of hydrogen-bond acceptors (Lipinski definition) is 4. The summed E-state index contributed by atoms with van der Waals surface area (Å²) in [7, 11) is 0. The zero-order chi connectivity index (χ0) is 23.7. The lowest BCUT2D eigenvalue weighted by Crippen LogP contribution is -2.23. The van der Waals surface area contributed by atoms with Crippen LogP contribution in [0, 0.1) is 17.8 Å². The number of hydrogen-bond donors (Lipinski definition) is 3. The fraction of sp³-hybridized carbons (Fsp3) is 0.643. The summed E-state index contributed by atoms with van der Waals surface area (Å²) >= 11 is 0. The summed E-state index contributed by atoms with van der Waals surface area (Å²) in [6.45, 7) is 4.61. The maximum absolute atomic E-state index is 12.1. The summed E-state index contributed by atoms with van der Waals surface area (Å²) in [6, 6.07) is 3.83. The van der Waals surface area contributed by atoms with Crippen LogP contribution in [0.1, 0.15) is 83.6 Å². The number of aromatic nitrogens is 1. The Morgan fingerprint density at radius 3 is 2.82 bits per heavy atom. The Morgan fingerprint density at radius 2 is 2.06 bits per heavy atom. The van der Waals surface area contributed by atoms with Gasteiger partial charge < -0.3 is 15.5 Å². The predicted molar refractivity (Wildman–Crippen MR) is 132 cm³/mol. The first-order valence-electron chi connectivity index (χ1n) is 12.8. The van der Waals surface area contributed by atoms with E-state index in [1.807, 2.05) is 19.1 Å². The highest BCUT2D eigenvalue weighted by Crippen LogP contribution is 2.48. The monoisotopic (exact) mass is 454 g/mol. The van der Waals surface area contributed by atoms with Crippen molar-refractivity contribution >= 4 is 5.91 Å². The molecule has 2 aliphatic carbocycles. The van der Waals surface area contributed by atoms with Gasteiger partial charge in [-0.05, 0) is 81.4 Å². The van der Waals surface area contributed by atoms with E-state index in [9.17, 15) is 15.0 Å². The minimum atomic E-state index is -0.654. The van der Waals surface area contributed by atoms with Crippen LogP contribution in [0.2, 0.25) is 0 Å². The van der Waals surface area contributed by atoms with Gasteiger partial charge in [-0.1, -0.05) is 43.6 Å². The van der Waals surface area contributed by atoms with Gasteiger partial charge in [-0.25, -0.2) is 0 Å². The largest absolute Gasteiger partial charge is 0.392 e. The van der Waals surface area contributed by atoms with Gasteiger partial charge in [-0.15, -0.1) is 0 Å². The van der Waals surface area contributed by atoms with Crippen molar-refractivity contribution in [3.63, 3.8) is 0 Å². The number of rotatable bonds is 13. The van der Waals surface area contributed by atoms with Gasteiger partial charge in [0.05, 0.1) is 11.7 Å². The SMILES string of the molecule is CCCC[C@](C)(O)C/C=C/[C@@H]1[C@H]2CC(CCCCC(=O)NCc3ccncc3)=C[C@H]2C[C@H]1O. The van der Waals surface area contributed by atoms with Gasteiger partial charge in [0, 0.05) is 31.3 Å². The Balaban J connectivity index is 1.36. The number of nitrogens with zero attached hydrogens (tertiary/aromatic N) is 1. The van der Waals surface area contributed by atoms with Crippen molar-refractivity contribution in [1.82, 2.24) is 10.3 Å². The predicted octanol–water partition coefficient (Wildman–Crippen LogP) is 5.09. The van der Waals surface area contributed by atoms with E-state index < -0.39 is 5.60 Å². The van der Waals surface area contributed by atoms with Crippen molar-refractivity contribution in [1.29, 1.82) is 0 Å². The maximum Gasteiger partial charge on any atom is 0.220 e. The number of aliphatic hydroxyl groups excluding tert-OH is 1. The standard InChI is InChI=1S/C28H42N2O3/c1-3-4-13-28(2,33)14-7-9-24-25-18-22(17-23(25)19-26(24)31)8-5-6-10-27(32)30-20-21-11-15-29-16-12-21/h7,9,11-12,15-17,23-26,31,33H,3-6,8,10,13-14,18-20H2,1-2H3,(H,30,32)/b9-7+/t23-,24+,25-,26+,28-/m0/s1. The fourth-order valence-corrected chi connectivity index (χ4v) is 5.36. The normalized spacial score (nSPS) is 26.2. The van der Waals surface area contributed by atoms with E-state index in [0.29, 0.717) is 31.2 Å². The first-order chi connectivity index (χ1) is 15.9. The zero-order valence-corrected chi connectivity index (χ0v) is 20.4. The second kappa shape index (κ2) is 12.5. The number of allylic oxidation sites excluding steroid dienone is 2. The first kappa shape index (κ1) is 25.6. The van der Waals surface area contributed by atoms with Crippen molar-refractivity contribution in [2.45, 2.75) is 96.3 Å². The van der Waals surface area contributed by atoms with Crippen LogP contribution in [0.25, 0.3) is 0 Å². The summed E-state index contributed by atoms with van der Waals surface area (Å²) in [4.78, 5) is 16.1. The molecule has 5 atom stereocenters. The van der Waals surface area contributed by atoms with Crippen LogP contribution in [-0.4, -0.2) is 32.8 Å². The average Bonchev–Trinajstić information content (AvgIpc) is 3.31. The summed E-state index contributed by atoms with van der Waals surface area (Å²) in [5.74, 6) is 1.24. The van der Waals surface area contributed by atoms with Gasteiger partial charge in [-0.2, -0.15) is 0 Å². The lowest BCUT2D eigenvalue weighted by atomic mass is 9.87. The van der Waals surface area contributed by atoms with Crippen molar-refractivity contribution in [3.8, 4) is 0 Å². The van der Waals surface area contributed by atoms with Gasteiger partial charge in [0.25, 0.3) is 0 Å². The number of carbonyl (C=O) groups excluding carboxylic acids is 1. The van der Waals surface area contributed by atoms with E-state index in [4.69, 9.17) is 0 Å². The van der Waals surface area contributed by atoms with E-state index in [2.05, 4.69) is 35.5 Å². The number of nitrogens with one attached hydrogen (secondary N) is 1. The number of amides is 1. The number of aliphatic hydroxyl groups is 2. The minimum absolute atomic E-state index is 0.104. The van der Waals surface area contributed by atoms with Gasteiger partial charge in [0.15, 0.2) is 0 Å². The first-order valence-corrected chi connectivity index (χ1v) is 12.8. The van der Waals surface area contributed by atoms with Crippen molar-refractivity contribution < 1.29 is 15.0 Å². The quantitative estimate of drug-likeness (QED) is 0.286. The van der Waals surface area contributed by atoms with Crippen LogP contribution in [0.3, 0.4) is 0 Å². The van der Waals surface area contributed by atoms with Crippen LogP contribution in [0.4, 0.5) is 0 Å². The molecule has 1 fully saturated rings. The highest BCUT2D eigenvalue weighted by molar-refractivity contribution is 5.75. The Bertz CT molecular complexity index is 803. The van der Waals surface area contributed by atoms with Gasteiger partial charge >= 0.3 is 0 Å². The molecule has 0 bridgehead atoms. The minimum Gasteiger partial charge on any atom is -0.392 e. The summed E-state index contributed by atoms with van der Waals surface area (Å²) in [5.41, 5.74) is 1.90. The highest BCUT2D eigenvalue weighted by atomic mass is 16.3. The van der Waals surface area contributed by atoms with Gasteiger partial charge in [0.1, 0.15) is 0 Å². The number of carbonyl (C=O) groups is 1. The van der Waals surface area contributed by atoms with Crippen LogP contribution in [0.5, 0.6) is 0 Å². The Kier molecular flexibility index (Phi) is 9.69. The molecule has 0 radical (unpaired) electrons. The van der Waals surface area contributed by atoms with Gasteiger partial charge in [-0.3, -0.25) is 9.78 Å². The van der Waals surface area contributed by atoms with Gasteiger partial charge in [0.2, 0.25) is 5.91 Å². The molecule has 0 aliphatic heterocycles. The van der Waals surface area contributed by atoms with Crippen molar-refractivity contribution in [3.05, 3.63) is 53.9 Å². The number of unbranched alkanes of at least 4 members (excludes halogenated alkanes) is 2. The molecule has 3 N–H and O–H groups in total. The fourth-order valence-electron chi connectivity index (χ4n) is 5.36. The molecular weight excluding hydrogens is 412 g/mol. The summed E-state index contributed by atoms with van der Waals surface area (Å²) < 4.78 is 0. The second-order valence-corrected chi connectivity index (χ2v) is 10.3. The average molecular weight is 455 g/mol. The topological polar surface area (TPSA) is 82.5 Å². The Morgan fingerprint density at radius 1 is 1.27 bits per heavy atom. The molecule has 1 amide bonds. The van der Waals surface area contributed by atoms with E-state index in [1.165, 1.54) is 5.57 Å². The number of pyridine rings is 1. The van der Waals surface area contributed by atoms with Crippen LogP contribution >= 0.6 is 0 Å². The van der Waals surface area contributed by atoms with Crippen LogP contribution in [-0.2, 0) is 11.3 Å². The molecule has 0 aromatic carbocycles. The lowest BCUT2D eigenvalue weighted by molar-refractivity contribution is -0.121. The second-order valence-electron chi connectivity index (χ2n) is 10.3. The molecule has 1 saturated carbocycles. The summed E-state index contributed by atoms with van der Waals surface area (Å²) in [6.07, 6.45) is 18.9. The molecule has 33 heavy (non-hydrogen) atoms. The molecule has 5 nitrogen and oxygen atoms in total. The molecular formula is C28H42N2O3. The molecule has 0 unspecified atom stereocenters. The molecule has 0 spiro atoms. The third-order valence-corrected chi connectivity index (χ3v) is 7.33. The molecule has 1 aromatic heterocycles. The molecule has 3 rings (SSSR count). The Labute approximate surface area is 199 Å². The lowest BCUT2D eigenvalue weighted by Gasteiger charge is -2.22. The third-order valence-electron chi connectivity index (χ3n) is 7.33. The Hall–Kier alpha value is -1.98. The van der Waals surface area contributed by atoms with Crippen LogP contribution in [0.15, 0.2) is 48.3 Å². The molecule has 1 aromatic rings. The molecule has 5 heteroatoms. The smallest absolute Gasteiger partial charge is 0.220 e. The molecule has 2 aliphatic rings. The summed E-state index contributed by atoms with van der Waals surface area (Å²) in [5, 5.41) is 24.1.